The predicted octanol–water partition coefficient (Wildman–Crippen LogP) is 0.627. The first-order valence-corrected chi connectivity index (χ1v) is 9.23. The van der Waals surface area contributed by atoms with Gasteiger partial charge in [-0.1, -0.05) is 12.2 Å². The fourth-order valence-electron chi connectivity index (χ4n) is 4.62. The van der Waals surface area contributed by atoms with Crippen molar-refractivity contribution in [2.75, 3.05) is 10.2 Å². The van der Waals surface area contributed by atoms with Gasteiger partial charge < -0.3 is 10.3 Å². The van der Waals surface area contributed by atoms with E-state index in [0.717, 1.165) is 12.6 Å². The summed E-state index contributed by atoms with van der Waals surface area (Å²) in [5, 5.41) is 2.40. The summed E-state index contributed by atoms with van der Waals surface area (Å²) in [4.78, 5) is 66.3. The number of allylic oxidation sites excluding steroid dienone is 2. The number of fused-ring (bicyclic) bond motifs is 5. The topological polar surface area (TPSA) is 132 Å². The summed E-state index contributed by atoms with van der Waals surface area (Å²) in [6, 6.07) is 6.04. The van der Waals surface area contributed by atoms with E-state index < -0.39 is 17.2 Å². The molecule has 29 heavy (non-hydrogen) atoms. The number of imide groups is 1. The maximum Gasteiger partial charge on any atom is 0.325 e. The zero-order valence-electron chi connectivity index (χ0n) is 15.0. The van der Waals surface area contributed by atoms with Crippen LogP contribution < -0.4 is 21.5 Å². The summed E-state index contributed by atoms with van der Waals surface area (Å²) in [5.74, 6) is -1.24. The fourth-order valence-corrected chi connectivity index (χ4v) is 4.62. The number of nitrogens with one attached hydrogen (secondary N) is 3. The van der Waals surface area contributed by atoms with E-state index in [0.29, 0.717) is 5.69 Å². The van der Waals surface area contributed by atoms with Gasteiger partial charge in [-0.3, -0.25) is 29.1 Å². The molecule has 1 aromatic heterocycles. The molecule has 4 atom stereocenters. The molecule has 2 aromatic rings. The molecule has 1 saturated carbocycles. The second-order valence-corrected chi connectivity index (χ2v) is 7.50. The minimum atomic E-state index is -0.721. The average molecular weight is 392 g/mol. The van der Waals surface area contributed by atoms with E-state index in [4.69, 9.17) is 0 Å². The molecule has 2 heterocycles. The van der Waals surface area contributed by atoms with Crippen LogP contribution >= 0.6 is 0 Å². The van der Waals surface area contributed by atoms with Crippen molar-refractivity contribution in [3.8, 4) is 0 Å². The van der Waals surface area contributed by atoms with E-state index in [-0.39, 0.29) is 46.7 Å². The van der Waals surface area contributed by atoms with Crippen molar-refractivity contribution in [3.63, 3.8) is 0 Å². The molecule has 3 aliphatic rings. The average Bonchev–Trinajstić information content (AvgIpc) is 3.38. The van der Waals surface area contributed by atoms with Gasteiger partial charge in [-0.25, -0.2) is 4.79 Å². The molecule has 2 bridgehead atoms. The van der Waals surface area contributed by atoms with Gasteiger partial charge in [-0.15, -0.1) is 0 Å². The lowest BCUT2D eigenvalue weighted by Crippen LogP contribution is -2.32. The lowest BCUT2D eigenvalue weighted by molar-refractivity contribution is -0.123. The molecule has 9 nitrogen and oxygen atoms in total. The van der Waals surface area contributed by atoms with Crippen molar-refractivity contribution in [3.05, 3.63) is 69.0 Å². The molecule has 3 N–H and O–H groups in total. The van der Waals surface area contributed by atoms with Crippen molar-refractivity contribution in [2.24, 2.45) is 23.7 Å². The highest BCUT2D eigenvalue weighted by Crippen LogP contribution is 2.53. The molecule has 1 saturated heterocycles. The van der Waals surface area contributed by atoms with E-state index in [1.807, 2.05) is 17.1 Å². The smallest absolute Gasteiger partial charge is 0.316 e. The van der Waals surface area contributed by atoms with Crippen LogP contribution in [0.25, 0.3) is 0 Å². The Bertz CT molecular complexity index is 1160. The number of carbonyl (C=O) groups excluding carboxylic acids is 3. The van der Waals surface area contributed by atoms with Gasteiger partial charge >= 0.3 is 5.69 Å². The monoisotopic (exact) mass is 392 g/mol. The first-order chi connectivity index (χ1) is 13.9. The summed E-state index contributed by atoms with van der Waals surface area (Å²) >= 11 is 0. The third-order valence-electron chi connectivity index (χ3n) is 5.93. The lowest BCUT2D eigenvalue weighted by Gasteiger charge is -2.17. The van der Waals surface area contributed by atoms with Crippen LogP contribution in [0.1, 0.15) is 16.8 Å². The maximum absolute atomic E-state index is 12.8. The van der Waals surface area contributed by atoms with Gasteiger partial charge in [0, 0.05) is 11.8 Å². The highest BCUT2D eigenvalue weighted by Gasteiger charge is 2.59. The largest absolute Gasteiger partial charge is 0.325 e. The molecule has 1 aromatic carbocycles. The van der Waals surface area contributed by atoms with Crippen molar-refractivity contribution in [1.29, 1.82) is 0 Å². The highest BCUT2D eigenvalue weighted by molar-refractivity contribution is 6.23. The van der Waals surface area contributed by atoms with Gasteiger partial charge in [-0.05, 0) is 42.5 Å². The van der Waals surface area contributed by atoms with Gasteiger partial charge in [0.1, 0.15) is 5.69 Å². The van der Waals surface area contributed by atoms with Crippen molar-refractivity contribution in [2.45, 2.75) is 6.42 Å². The number of rotatable bonds is 3. The van der Waals surface area contributed by atoms with Crippen molar-refractivity contribution >= 4 is 29.1 Å². The lowest BCUT2D eigenvalue weighted by atomic mass is 9.85. The molecular formula is C20H16N4O5. The number of carbonyl (C=O) groups is 3. The van der Waals surface area contributed by atoms with Gasteiger partial charge in [-0.2, -0.15) is 0 Å². The molecule has 2 aliphatic carbocycles. The second kappa shape index (κ2) is 6.13. The maximum atomic E-state index is 12.8. The van der Waals surface area contributed by atoms with E-state index in [9.17, 15) is 24.0 Å². The third-order valence-corrected chi connectivity index (χ3v) is 5.93. The minimum Gasteiger partial charge on any atom is -0.316 e. The number of aromatic nitrogens is 2. The van der Waals surface area contributed by atoms with E-state index in [1.54, 1.807) is 0 Å². The summed E-state index contributed by atoms with van der Waals surface area (Å²) in [6.07, 6.45) is 6.04. The number of H-pyrrole nitrogens is 2. The molecule has 0 unspecified atom stereocenters. The molecule has 0 radical (unpaired) electrons. The SMILES string of the molecule is O=C(Nc1c[nH]c(=O)[nH]c1=O)c1ccc(N2C(=O)[C@@H]3[C@H](C2=O)[C@@H]2C=C[C@H]3C2)cc1. The van der Waals surface area contributed by atoms with Crippen LogP contribution in [0.2, 0.25) is 0 Å². The Balaban J connectivity index is 1.36. The van der Waals surface area contributed by atoms with Crippen LogP contribution in [0.15, 0.2) is 52.2 Å². The Kier molecular flexibility index (Phi) is 3.67. The number of hydrogen-bond acceptors (Lipinski definition) is 5. The highest BCUT2D eigenvalue weighted by atomic mass is 16.2. The Morgan fingerprint density at radius 3 is 2.17 bits per heavy atom. The predicted molar refractivity (Wildman–Crippen MR) is 102 cm³/mol. The second-order valence-electron chi connectivity index (χ2n) is 7.50. The zero-order valence-corrected chi connectivity index (χ0v) is 15.0. The van der Waals surface area contributed by atoms with Crippen molar-refractivity contribution in [1.82, 2.24) is 9.97 Å². The van der Waals surface area contributed by atoms with Crippen LogP contribution in [-0.2, 0) is 9.59 Å². The molecule has 0 spiro atoms. The van der Waals surface area contributed by atoms with Gasteiger partial charge in [0.2, 0.25) is 11.8 Å². The Morgan fingerprint density at radius 1 is 0.966 bits per heavy atom. The minimum absolute atomic E-state index is 0.0978. The van der Waals surface area contributed by atoms with Gasteiger partial charge in [0.05, 0.1) is 17.5 Å². The van der Waals surface area contributed by atoms with Crippen LogP contribution in [0.5, 0.6) is 0 Å². The molecule has 1 aliphatic heterocycles. The molecule has 146 valence electrons. The summed E-state index contributed by atoms with van der Waals surface area (Å²) in [7, 11) is 0. The molecule has 9 heteroatoms. The normalized spacial score (nSPS) is 26.8. The quantitative estimate of drug-likeness (QED) is 0.521. The zero-order chi connectivity index (χ0) is 20.3. The van der Waals surface area contributed by atoms with Crippen LogP contribution in [0.3, 0.4) is 0 Å². The Hall–Kier alpha value is -3.75. The number of hydrogen-bond donors (Lipinski definition) is 3. The Morgan fingerprint density at radius 2 is 1.59 bits per heavy atom. The number of aromatic amines is 2. The van der Waals surface area contributed by atoms with E-state index in [2.05, 4.69) is 10.3 Å². The molecule has 5 rings (SSSR count). The summed E-state index contributed by atoms with van der Waals surface area (Å²) < 4.78 is 0. The molecule has 3 amide bonds. The van der Waals surface area contributed by atoms with Crippen LogP contribution in [-0.4, -0.2) is 27.7 Å². The number of benzene rings is 1. The number of amides is 3. The molecular weight excluding hydrogens is 376 g/mol. The number of anilines is 2. The fraction of sp³-hybridized carbons (Fsp3) is 0.250. The molecule has 2 fully saturated rings. The summed E-state index contributed by atoms with van der Waals surface area (Å²) in [6.45, 7) is 0. The van der Waals surface area contributed by atoms with Crippen molar-refractivity contribution < 1.29 is 14.4 Å². The number of nitrogens with zero attached hydrogens (tertiary/aromatic N) is 1. The first-order valence-electron chi connectivity index (χ1n) is 9.23. The standard InChI is InChI=1S/C20H16N4O5/c25-16(22-13-8-21-20(29)23-17(13)26)9-3-5-12(6-4-9)24-18(27)14-10-1-2-11(7-10)15(14)19(24)28/h1-6,8,10-11,14-15H,7H2,(H,22,25)(H2,21,23,26,29)/t10-,11+,14-,15+. The first kappa shape index (κ1) is 17.4. The van der Waals surface area contributed by atoms with E-state index in [1.165, 1.54) is 29.2 Å². The van der Waals surface area contributed by atoms with E-state index >= 15 is 0 Å². The third kappa shape index (κ3) is 2.58. The Labute approximate surface area is 163 Å². The summed E-state index contributed by atoms with van der Waals surface area (Å²) in [5.41, 5.74) is -0.834. The van der Waals surface area contributed by atoms with Crippen LogP contribution in [0.4, 0.5) is 11.4 Å². The van der Waals surface area contributed by atoms with Gasteiger partial charge in [0.25, 0.3) is 11.5 Å². The van der Waals surface area contributed by atoms with Gasteiger partial charge in [0.15, 0.2) is 0 Å². The van der Waals surface area contributed by atoms with Crippen LogP contribution in [0, 0.1) is 23.7 Å².